The Bertz CT molecular complexity index is 2960. The first kappa shape index (κ1) is 48.5. The minimum absolute atomic E-state index is 0.00552. The van der Waals surface area contributed by atoms with E-state index in [4.69, 9.17) is 21.3 Å². The van der Waals surface area contributed by atoms with Crippen LogP contribution in [0.25, 0.3) is 16.6 Å². The van der Waals surface area contributed by atoms with Crippen LogP contribution in [-0.2, 0) is 14.6 Å². The van der Waals surface area contributed by atoms with Crippen molar-refractivity contribution >= 4 is 80.0 Å². The molecule has 0 bridgehead atoms. The lowest BCUT2D eigenvalue weighted by Crippen LogP contribution is -2.47. The van der Waals surface area contributed by atoms with Crippen LogP contribution in [-0.4, -0.2) is 130 Å². The number of carbonyl (C=O) groups is 1. The topological polar surface area (TPSA) is 190 Å². The summed E-state index contributed by atoms with van der Waals surface area (Å²) in [6.45, 7) is 12.6. The summed E-state index contributed by atoms with van der Waals surface area (Å²) in [6.07, 6.45) is 5.57. The summed E-state index contributed by atoms with van der Waals surface area (Å²) in [5, 5.41) is 17.0. The molecule has 1 amide bonds. The molecule has 3 aliphatic heterocycles. The van der Waals surface area contributed by atoms with E-state index < -0.39 is 38.9 Å². The second kappa shape index (κ2) is 19.4. The van der Waals surface area contributed by atoms with Gasteiger partial charge >= 0.3 is 0 Å². The molecule has 1 aliphatic carbocycles. The zero-order valence-corrected chi connectivity index (χ0v) is 42.2. The molecule has 3 aromatic carbocycles. The quantitative estimate of drug-likeness (QED) is 0.0612. The highest BCUT2D eigenvalue weighted by Crippen LogP contribution is 2.51. The number of nitro groups is 1. The summed E-state index contributed by atoms with van der Waals surface area (Å²) in [6, 6.07) is 21.0. The Kier molecular flexibility index (Phi) is 13.6. The van der Waals surface area contributed by atoms with Gasteiger partial charge in [-0.1, -0.05) is 43.2 Å². The van der Waals surface area contributed by atoms with E-state index in [1.54, 1.807) is 42.4 Å². The van der Waals surface area contributed by atoms with Crippen LogP contribution >= 0.6 is 19.0 Å². The molecule has 5 heterocycles. The summed E-state index contributed by atoms with van der Waals surface area (Å²) < 4.78 is 53.0. The summed E-state index contributed by atoms with van der Waals surface area (Å²) >= 11 is 6.28. The zero-order valence-electron chi connectivity index (χ0n) is 39.7. The van der Waals surface area contributed by atoms with Crippen molar-refractivity contribution in [3.8, 4) is 5.88 Å². The second-order valence-corrected chi connectivity index (χ2v) is 24.8. The number of halogens is 1. The number of nitrogens with one attached hydrogen (secondary N) is 3. The molecule has 69 heavy (non-hydrogen) atoms. The minimum Gasteiger partial charge on any atom is -0.476 e. The van der Waals surface area contributed by atoms with Gasteiger partial charge in [-0.2, -0.15) is 4.98 Å². The molecule has 17 nitrogen and oxygen atoms in total. The number of nitro benzene ring substituents is 1. The predicted octanol–water partition coefficient (Wildman–Crippen LogP) is 8.68. The molecule has 366 valence electrons. The van der Waals surface area contributed by atoms with E-state index in [2.05, 4.69) is 50.8 Å². The lowest BCUT2D eigenvalue weighted by atomic mass is 9.72. The molecule has 20 heteroatoms. The van der Waals surface area contributed by atoms with E-state index in [0.717, 1.165) is 74.1 Å². The van der Waals surface area contributed by atoms with Crippen molar-refractivity contribution in [1.29, 1.82) is 0 Å². The molecular formula is C49H60ClN10O7PS. The number of allylic oxidation sites excluding steroid dienone is 1. The van der Waals surface area contributed by atoms with Crippen molar-refractivity contribution in [2.24, 2.45) is 11.3 Å². The van der Waals surface area contributed by atoms with Crippen LogP contribution in [0.3, 0.4) is 0 Å². The number of aromatic amines is 1. The monoisotopic (exact) mass is 998 g/mol. The van der Waals surface area contributed by atoms with E-state index >= 15 is 0 Å². The maximum absolute atomic E-state index is 14.5. The first-order valence-electron chi connectivity index (χ1n) is 23.4. The van der Waals surface area contributed by atoms with Crippen LogP contribution in [0.1, 0.15) is 55.5 Å². The van der Waals surface area contributed by atoms with Gasteiger partial charge in [0.2, 0.25) is 13.3 Å². The van der Waals surface area contributed by atoms with Gasteiger partial charge in [0, 0.05) is 99.8 Å². The number of pyridine rings is 1. The first-order valence-corrected chi connectivity index (χ1v) is 27.3. The fourth-order valence-corrected chi connectivity index (χ4v) is 12.7. The normalized spacial score (nSPS) is 21.7. The van der Waals surface area contributed by atoms with Crippen LogP contribution < -0.4 is 24.6 Å². The number of aromatic nitrogens is 2. The molecule has 5 aromatic rings. The lowest BCUT2D eigenvalue weighted by Gasteiger charge is -2.41. The maximum Gasteiger partial charge on any atom is 0.293 e. The standard InChI is InChI=1S/C49H60ClN10O7PS/c1-49(2)17-15-36(41(28-49)34-7-9-37(50)10-8-34)32-57-20-22-58(23-21-57)38-11-13-40(43(26-38)59-19-6-24-67-48-45(59)25-35-16-18-51-46(35)53-48)47(61)54-69(65,66)39-12-14-42(44(27-39)60(62)63)52-29-33-30-55(3)68(5,64)56(4)31-33/h7-14,16,18,25-27,33,52H,6,15,17,19-24,28-32H2,1-5H3,(H,51,53)(H,54,61). The van der Waals surface area contributed by atoms with E-state index in [1.807, 2.05) is 41.3 Å². The number of ether oxygens (including phenoxy) is 1. The Morgan fingerprint density at radius 1 is 0.986 bits per heavy atom. The highest BCUT2D eigenvalue weighted by molar-refractivity contribution is 7.90. The van der Waals surface area contributed by atoms with Crippen LogP contribution in [0.5, 0.6) is 5.88 Å². The van der Waals surface area contributed by atoms with Crippen molar-refractivity contribution in [1.82, 2.24) is 28.9 Å². The third kappa shape index (κ3) is 10.4. The second-order valence-electron chi connectivity index (χ2n) is 19.6. The number of nitrogens with zero attached hydrogens (tertiary/aromatic N) is 7. The first-order chi connectivity index (χ1) is 32.8. The van der Waals surface area contributed by atoms with Crippen molar-refractivity contribution in [3.05, 3.63) is 111 Å². The molecule has 0 atom stereocenters. The Labute approximate surface area is 408 Å². The number of anilines is 4. The number of rotatable bonds is 12. The van der Waals surface area contributed by atoms with E-state index in [1.165, 1.54) is 28.8 Å². The fraction of sp³-hybridized carbons (Fsp3) is 0.429. The Morgan fingerprint density at radius 2 is 1.72 bits per heavy atom. The number of amides is 1. The number of fused-ring (bicyclic) bond motifs is 2. The van der Waals surface area contributed by atoms with E-state index in [0.29, 0.717) is 62.1 Å². The van der Waals surface area contributed by atoms with Crippen LogP contribution in [0.15, 0.2) is 89.5 Å². The molecule has 9 rings (SSSR count). The van der Waals surface area contributed by atoms with Gasteiger partial charge in [0.15, 0.2) is 0 Å². The number of hydrogen-bond acceptors (Lipinski definition) is 12. The SMILES string of the molecule is CN1CC(CNc2ccc(S(=O)(=O)NC(=O)c3ccc(N4CCN(CC5=C(c6ccc(Cl)cc6)CC(C)(C)CC5)CC4)cc3N3CCCOc4nc5[nH]ccc5cc43)cc2[N+](=O)[O-])CN(C)P1(C)=O. The number of hydrogen-bond donors (Lipinski definition) is 3. The number of carbonyl (C=O) groups excluding carboxylic acids is 1. The summed E-state index contributed by atoms with van der Waals surface area (Å²) in [5.74, 6) is -0.519. The number of H-pyrrole nitrogens is 1. The largest absolute Gasteiger partial charge is 0.476 e. The lowest BCUT2D eigenvalue weighted by molar-refractivity contribution is -0.384. The Hall–Kier alpha value is -5.49. The summed E-state index contributed by atoms with van der Waals surface area (Å²) in [7, 11) is -3.69. The van der Waals surface area contributed by atoms with Crippen molar-refractivity contribution in [2.75, 3.05) is 101 Å². The highest BCUT2D eigenvalue weighted by Gasteiger charge is 2.36. The highest BCUT2D eigenvalue weighted by atomic mass is 35.5. The van der Waals surface area contributed by atoms with E-state index in [9.17, 15) is 27.9 Å². The van der Waals surface area contributed by atoms with Gasteiger partial charge in [-0.3, -0.25) is 24.4 Å². The molecule has 0 spiro atoms. The molecule has 0 saturated carbocycles. The van der Waals surface area contributed by atoms with Gasteiger partial charge in [0.1, 0.15) is 17.0 Å². The molecule has 2 aromatic heterocycles. The number of benzene rings is 3. The summed E-state index contributed by atoms with van der Waals surface area (Å²) in [5.41, 5.74) is 6.72. The molecule has 2 saturated heterocycles. The molecule has 0 unspecified atom stereocenters. The number of piperazine rings is 1. The zero-order chi connectivity index (χ0) is 48.8. The minimum atomic E-state index is -4.62. The van der Waals surface area contributed by atoms with Gasteiger partial charge in [-0.25, -0.2) is 22.5 Å². The predicted molar refractivity (Wildman–Crippen MR) is 273 cm³/mol. The van der Waals surface area contributed by atoms with Crippen LogP contribution in [0, 0.1) is 21.4 Å². The number of sulfonamides is 1. The Balaban J connectivity index is 0.974. The van der Waals surface area contributed by atoms with Gasteiger partial charge < -0.3 is 24.8 Å². The molecule has 2 fully saturated rings. The third-order valence-electron chi connectivity index (χ3n) is 14.2. The van der Waals surface area contributed by atoms with Crippen molar-refractivity contribution in [2.45, 2.75) is 44.4 Å². The van der Waals surface area contributed by atoms with Crippen LogP contribution in [0.2, 0.25) is 5.02 Å². The molecule has 3 N–H and O–H groups in total. The van der Waals surface area contributed by atoms with Crippen molar-refractivity contribution < 1.29 is 27.4 Å². The molecular weight excluding hydrogens is 939 g/mol. The fourth-order valence-electron chi connectivity index (χ4n) is 10.0. The average Bonchev–Trinajstić information content (AvgIpc) is 3.68. The molecule has 0 radical (unpaired) electrons. The summed E-state index contributed by atoms with van der Waals surface area (Å²) in [4.78, 5) is 40.4. The maximum atomic E-state index is 14.5. The van der Waals surface area contributed by atoms with Gasteiger partial charge in [0.05, 0.1) is 27.7 Å². The van der Waals surface area contributed by atoms with Crippen LogP contribution in [0.4, 0.5) is 28.4 Å². The van der Waals surface area contributed by atoms with E-state index in [-0.39, 0.29) is 22.6 Å². The average molecular weight is 1000 g/mol. The smallest absolute Gasteiger partial charge is 0.293 e. The Morgan fingerprint density at radius 3 is 2.45 bits per heavy atom. The van der Waals surface area contributed by atoms with Gasteiger partial charge in [-0.15, -0.1) is 0 Å². The van der Waals surface area contributed by atoms with Crippen molar-refractivity contribution in [3.63, 3.8) is 0 Å². The van der Waals surface area contributed by atoms with Gasteiger partial charge in [-0.05, 0) is 111 Å². The third-order valence-corrected chi connectivity index (χ3v) is 18.6. The molecule has 4 aliphatic rings. The van der Waals surface area contributed by atoms with Gasteiger partial charge in [0.25, 0.3) is 21.6 Å².